The van der Waals surface area contributed by atoms with Crippen LogP contribution in [0.5, 0.6) is 0 Å². The highest BCUT2D eigenvalue weighted by Gasteiger charge is 2.30. The Morgan fingerprint density at radius 1 is 0.622 bits per heavy atom. The van der Waals surface area contributed by atoms with E-state index in [4.69, 9.17) is 18.3 Å². The highest BCUT2D eigenvalue weighted by atomic mass is 28.3. The minimum absolute atomic E-state index is 0.238. The van der Waals surface area contributed by atoms with E-state index in [0.717, 1.165) is 16.3 Å². The van der Waals surface area contributed by atoms with Crippen molar-refractivity contribution in [2.45, 2.75) is 51.7 Å². The fourth-order valence-corrected chi connectivity index (χ4v) is 5.70. The maximum absolute atomic E-state index is 12.2. The molecule has 3 rings (SSSR count). The fraction of sp³-hybridized carbons (Fsp3) is 0.333. The first-order valence-electron chi connectivity index (χ1n) is 12.8. The van der Waals surface area contributed by atoms with Gasteiger partial charge in [-0.15, -0.1) is 0 Å². The summed E-state index contributed by atoms with van der Waals surface area (Å²) in [7, 11) is -2.04. The number of benzene rings is 3. The average Bonchev–Trinajstić information content (AvgIpc) is 2.94. The monoisotopic (exact) mass is 519 g/mol. The van der Waals surface area contributed by atoms with E-state index in [1.807, 2.05) is 91.0 Å². The lowest BCUT2D eigenvalue weighted by Crippen LogP contribution is -2.39. The third-order valence-corrected chi connectivity index (χ3v) is 7.48. The Labute approximate surface area is 221 Å². The second kappa shape index (κ2) is 15.8. The van der Waals surface area contributed by atoms with Crippen molar-refractivity contribution < 1.29 is 27.9 Å². The van der Waals surface area contributed by atoms with Gasteiger partial charge < -0.3 is 18.3 Å². The summed E-state index contributed by atoms with van der Waals surface area (Å²) in [5.74, 6) is -0.504. The summed E-state index contributed by atoms with van der Waals surface area (Å²) in [5.41, 5.74) is 1.94. The molecular formula is C30H35O6Si. The van der Waals surface area contributed by atoms with Gasteiger partial charge in [-0.25, -0.2) is 0 Å². The molecule has 6 nitrogen and oxygen atoms in total. The highest BCUT2D eigenvalue weighted by Crippen LogP contribution is 2.28. The molecule has 0 spiro atoms. The van der Waals surface area contributed by atoms with E-state index in [2.05, 4.69) is 0 Å². The smallest absolute Gasteiger partial charge is 0.424 e. The topological polar surface area (TPSA) is 71.1 Å². The van der Waals surface area contributed by atoms with Gasteiger partial charge in [0, 0.05) is 12.8 Å². The van der Waals surface area contributed by atoms with Gasteiger partial charge in [0.25, 0.3) is 0 Å². The normalized spacial score (nSPS) is 12.6. The summed E-state index contributed by atoms with van der Waals surface area (Å²) in [6.07, 6.45) is 0.685. The number of carbonyl (C=O) groups is 2. The number of ether oxygens (including phenoxy) is 2. The Hall–Kier alpha value is -3.26. The van der Waals surface area contributed by atoms with Crippen LogP contribution in [0.25, 0.3) is 0 Å². The Balaban J connectivity index is 1.87. The predicted molar refractivity (Wildman–Crippen MR) is 144 cm³/mol. The summed E-state index contributed by atoms with van der Waals surface area (Å²) in [5, 5.41) is 0.946. The molecule has 7 heteroatoms. The molecule has 0 aromatic heterocycles. The first-order chi connectivity index (χ1) is 18.1. The first kappa shape index (κ1) is 28.3. The molecule has 0 aliphatic rings. The maximum atomic E-state index is 12.2. The van der Waals surface area contributed by atoms with Crippen LogP contribution in [0, 0.1) is 0 Å². The van der Waals surface area contributed by atoms with Gasteiger partial charge >= 0.3 is 21.2 Å². The van der Waals surface area contributed by atoms with Crippen molar-refractivity contribution in [2.24, 2.45) is 0 Å². The quantitative estimate of drug-likeness (QED) is 0.193. The van der Waals surface area contributed by atoms with Crippen molar-refractivity contribution in [3.63, 3.8) is 0 Å². The zero-order valence-corrected chi connectivity index (χ0v) is 22.5. The van der Waals surface area contributed by atoms with Gasteiger partial charge in [0.05, 0.1) is 25.4 Å². The van der Waals surface area contributed by atoms with Gasteiger partial charge in [-0.1, -0.05) is 91.0 Å². The van der Waals surface area contributed by atoms with Crippen molar-refractivity contribution in [1.82, 2.24) is 0 Å². The minimum Gasteiger partial charge on any atom is -0.466 e. The first-order valence-corrected chi connectivity index (χ1v) is 14.1. The lowest BCUT2D eigenvalue weighted by Gasteiger charge is -2.27. The maximum Gasteiger partial charge on any atom is 0.424 e. The van der Waals surface area contributed by atoms with E-state index < -0.39 is 9.28 Å². The molecule has 0 fully saturated rings. The summed E-state index contributed by atoms with van der Waals surface area (Å²) in [6, 6.07) is 29.6. The van der Waals surface area contributed by atoms with E-state index in [-0.39, 0.29) is 37.0 Å². The summed E-state index contributed by atoms with van der Waals surface area (Å²) >= 11 is 0. The van der Waals surface area contributed by atoms with E-state index >= 15 is 0 Å². The highest BCUT2D eigenvalue weighted by molar-refractivity contribution is 6.61. The summed E-state index contributed by atoms with van der Waals surface area (Å²) < 4.78 is 23.7. The molecule has 3 aromatic rings. The predicted octanol–water partition coefficient (Wildman–Crippen LogP) is 5.58. The largest absolute Gasteiger partial charge is 0.466 e. The number of rotatable bonds is 15. The molecule has 0 amide bonds. The molecule has 37 heavy (non-hydrogen) atoms. The molecule has 3 aromatic carbocycles. The zero-order chi connectivity index (χ0) is 26.3. The third kappa shape index (κ3) is 9.61. The van der Waals surface area contributed by atoms with E-state index in [1.165, 1.54) is 0 Å². The Morgan fingerprint density at radius 3 is 1.38 bits per heavy atom. The van der Waals surface area contributed by atoms with Gasteiger partial charge in [-0.3, -0.25) is 9.59 Å². The van der Waals surface area contributed by atoms with Crippen molar-refractivity contribution in [1.29, 1.82) is 0 Å². The molecule has 0 N–H and O–H groups in total. The fourth-order valence-electron chi connectivity index (χ4n) is 3.88. The average molecular weight is 520 g/mol. The lowest BCUT2D eigenvalue weighted by atomic mass is 10.1. The summed E-state index contributed by atoms with van der Waals surface area (Å²) in [4.78, 5) is 24.3. The second-order valence-electron chi connectivity index (χ2n) is 8.38. The molecule has 0 aliphatic carbocycles. The summed E-state index contributed by atoms with van der Waals surface area (Å²) in [6.45, 7) is 4.29. The molecule has 1 radical (unpaired) electrons. The van der Waals surface area contributed by atoms with E-state index in [0.29, 0.717) is 26.1 Å². The minimum atomic E-state index is -2.04. The van der Waals surface area contributed by atoms with Crippen LogP contribution < -0.4 is 5.19 Å². The third-order valence-electron chi connectivity index (χ3n) is 5.68. The van der Waals surface area contributed by atoms with Crippen LogP contribution in [0.15, 0.2) is 91.0 Å². The molecule has 2 atom stereocenters. The molecule has 195 valence electrons. The van der Waals surface area contributed by atoms with Crippen molar-refractivity contribution in [3.8, 4) is 0 Å². The van der Waals surface area contributed by atoms with Crippen molar-refractivity contribution in [2.75, 3.05) is 13.2 Å². The molecule has 0 saturated heterocycles. The SMILES string of the molecule is CCOC(=O)CCC(O[Si](OC(CCC(=O)OCC)c1ccccc1)c1ccccc1)c1ccccc1. The van der Waals surface area contributed by atoms with Gasteiger partial charge in [0.2, 0.25) is 0 Å². The number of hydrogen-bond acceptors (Lipinski definition) is 6. The number of esters is 2. The van der Waals surface area contributed by atoms with Gasteiger partial charge in [0.15, 0.2) is 0 Å². The molecule has 0 aliphatic heterocycles. The van der Waals surface area contributed by atoms with Crippen molar-refractivity contribution in [3.05, 3.63) is 102 Å². The van der Waals surface area contributed by atoms with Crippen LogP contribution in [0.4, 0.5) is 0 Å². The van der Waals surface area contributed by atoms with Gasteiger partial charge in [-0.2, -0.15) is 0 Å². The van der Waals surface area contributed by atoms with Gasteiger partial charge in [0.1, 0.15) is 0 Å². The molecular weight excluding hydrogens is 484 g/mol. The molecule has 0 bridgehead atoms. The standard InChI is InChI=1S/C30H35O6Si/c1-3-33-29(31)22-20-27(24-14-8-5-9-15-24)35-37(26-18-12-7-13-19-26)36-28(21-23-30(32)34-4-2)25-16-10-6-11-17-25/h5-19,27-28H,3-4,20-23H2,1-2H3. The van der Waals surface area contributed by atoms with E-state index in [1.54, 1.807) is 13.8 Å². The zero-order valence-electron chi connectivity index (χ0n) is 21.5. The Bertz CT molecular complexity index is 994. The molecule has 0 heterocycles. The molecule has 0 saturated carbocycles. The Morgan fingerprint density at radius 2 is 1.00 bits per heavy atom. The van der Waals surface area contributed by atoms with E-state index in [9.17, 15) is 9.59 Å². The van der Waals surface area contributed by atoms with Crippen molar-refractivity contribution >= 4 is 26.4 Å². The van der Waals surface area contributed by atoms with Crippen LogP contribution in [0.2, 0.25) is 0 Å². The van der Waals surface area contributed by atoms with Crippen LogP contribution in [-0.4, -0.2) is 34.4 Å². The van der Waals surface area contributed by atoms with Crippen LogP contribution in [-0.2, 0) is 27.9 Å². The van der Waals surface area contributed by atoms with Crippen LogP contribution in [0.1, 0.15) is 62.9 Å². The van der Waals surface area contributed by atoms with Crippen LogP contribution >= 0.6 is 0 Å². The number of carbonyl (C=O) groups excluding carboxylic acids is 2. The van der Waals surface area contributed by atoms with Crippen LogP contribution in [0.3, 0.4) is 0 Å². The van der Waals surface area contributed by atoms with Gasteiger partial charge in [-0.05, 0) is 43.0 Å². The second-order valence-corrected chi connectivity index (χ2v) is 10.00. The number of hydrogen-bond donors (Lipinski definition) is 0. The lowest BCUT2D eigenvalue weighted by molar-refractivity contribution is -0.144. The molecule has 2 unspecified atom stereocenters. The Kier molecular flexibility index (Phi) is 12.1.